The summed E-state index contributed by atoms with van der Waals surface area (Å²) in [6.07, 6.45) is 1.81. The number of nitrogens with zero attached hydrogens (tertiary/aromatic N) is 2. The van der Waals surface area contributed by atoms with Gasteiger partial charge in [0.15, 0.2) is 0 Å². The summed E-state index contributed by atoms with van der Waals surface area (Å²) in [7, 11) is 1.66. The summed E-state index contributed by atoms with van der Waals surface area (Å²) in [5.41, 5.74) is 5.84. The minimum Gasteiger partial charge on any atom is -0.383 e. The van der Waals surface area contributed by atoms with Crippen molar-refractivity contribution >= 4 is 5.82 Å². The number of aromatic nitrogens is 2. The van der Waals surface area contributed by atoms with Crippen LogP contribution in [0.5, 0.6) is 0 Å². The van der Waals surface area contributed by atoms with Gasteiger partial charge in [-0.2, -0.15) is 5.10 Å². The molecule has 0 saturated carbocycles. The van der Waals surface area contributed by atoms with E-state index in [0.29, 0.717) is 19.2 Å². The average molecular weight is 225 g/mol. The van der Waals surface area contributed by atoms with Crippen molar-refractivity contribution in [2.45, 2.75) is 12.1 Å². The number of methoxy groups -OCH3 is 1. The van der Waals surface area contributed by atoms with Gasteiger partial charge in [0.1, 0.15) is 5.82 Å². The number of rotatable bonds is 6. The molecular weight excluding hydrogens is 206 g/mol. The predicted octanol–water partition coefficient (Wildman–Crippen LogP) is -0.587. The van der Waals surface area contributed by atoms with Crippen LogP contribution in [0, 0.1) is 0 Å². The van der Waals surface area contributed by atoms with Crippen molar-refractivity contribution in [3.63, 3.8) is 0 Å². The summed E-state index contributed by atoms with van der Waals surface area (Å²) in [6, 6.07) is 2.45. The fraction of sp³-hybridized carbons (Fsp3) is 0.700. The third-order valence-electron chi connectivity index (χ3n) is 2.70. The second-order valence-corrected chi connectivity index (χ2v) is 4.07. The summed E-state index contributed by atoms with van der Waals surface area (Å²) in [5.74, 6) is 1.03. The van der Waals surface area contributed by atoms with Crippen molar-refractivity contribution in [1.82, 2.24) is 15.1 Å². The highest BCUT2D eigenvalue weighted by atomic mass is 16.5. The van der Waals surface area contributed by atoms with Crippen molar-refractivity contribution < 1.29 is 4.74 Å². The van der Waals surface area contributed by atoms with Gasteiger partial charge in [0.05, 0.1) is 18.8 Å². The average Bonchev–Trinajstić information content (AvgIpc) is 2.61. The second-order valence-electron chi connectivity index (χ2n) is 4.07. The number of hydrogen-bond acceptors (Lipinski definition) is 5. The molecule has 16 heavy (non-hydrogen) atoms. The van der Waals surface area contributed by atoms with Gasteiger partial charge < -0.3 is 21.1 Å². The van der Waals surface area contributed by atoms with E-state index >= 15 is 0 Å². The molecule has 1 aromatic heterocycles. The molecule has 1 fully saturated rings. The topological polar surface area (TPSA) is 77.1 Å². The molecule has 1 atom stereocenters. The van der Waals surface area contributed by atoms with Crippen LogP contribution >= 0.6 is 0 Å². The van der Waals surface area contributed by atoms with Crippen LogP contribution in [0.3, 0.4) is 0 Å². The van der Waals surface area contributed by atoms with E-state index in [2.05, 4.69) is 15.7 Å². The van der Waals surface area contributed by atoms with E-state index in [1.165, 1.54) is 0 Å². The van der Waals surface area contributed by atoms with Crippen LogP contribution in [0.15, 0.2) is 12.3 Å². The van der Waals surface area contributed by atoms with Crippen LogP contribution in [-0.4, -0.2) is 49.2 Å². The van der Waals surface area contributed by atoms with Gasteiger partial charge >= 0.3 is 0 Å². The maximum atomic E-state index is 5.84. The molecule has 4 N–H and O–H groups in total. The van der Waals surface area contributed by atoms with Gasteiger partial charge in [-0.25, -0.2) is 4.68 Å². The first-order chi connectivity index (χ1) is 7.81. The van der Waals surface area contributed by atoms with Gasteiger partial charge in [0.2, 0.25) is 0 Å². The summed E-state index contributed by atoms with van der Waals surface area (Å²) < 4.78 is 7.00. The second kappa shape index (κ2) is 5.29. The van der Waals surface area contributed by atoms with Gasteiger partial charge in [-0.3, -0.25) is 0 Å². The molecule has 0 aromatic carbocycles. The smallest absolute Gasteiger partial charge is 0.124 e. The first-order valence-corrected chi connectivity index (χ1v) is 5.54. The third-order valence-corrected chi connectivity index (χ3v) is 2.70. The normalized spacial score (nSPS) is 18.1. The standard InChI is InChI=1S/C10H19N5O/c1-16-7-8(11)4-13-10-2-3-14-15(10)9-5-12-6-9/h2-3,8-9,12-13H,4-7,11H2,1H3. The lowest BCUT2D eigenvalue weighted by molar-refractivity contribution is 0.183. The molecule has 1 unspecified atom stereocenters. The van der Waals surface area contributed by atoms with E-state index in [-0.39, 0.29) is 6.04 Å². The van der Waals surface area contributed by atoms with Crippen molar-refractivity contribution in [3.8, 4) is 0 Å². The summed E-state index contributed by atoms with van der Waals surface area (Å²) in [5, 5.41) is 10.8. The third kappa shape index (κ3) is 2.52. The molecule has 6 heteroatoms. The molecule has 90 valence electrons. The number of hydrogen-bond donors (Lipinski definition) is 3. The Kier molecular flexibility index (Phi) is 3.76. The summed E-state index contributed by atoms with van der Waals surface area (Å²) in [4.78, 5) is 0. The van der Waals surface area contributed by atoms with E-state index in [1.807, 2.05) is 16.9 Å². The van der Waals surface area contributed by atoms with E-state index < -0.39 is 0 Å². The summed E-state index contributed by atoms with van der Waals surface area (Å²) in [6.45, 7) is 3.23. The highest BCUT2D eigenvalue weighted by Gasteiger charge is 2.21. The van der Waals surface area contributed by atoms with Gasteiger partial charge in [-0.05, 0) is 0 Å². The molecule has 1 aliphatic rings. The zero-order chi connectivity index (χ0) is 11.4. The monoisotopic (exact) mass is 225 g/mol. The lowest BCUT2D eigenvalue weighted by atomic mass is 10.2. The molecule has 1 aliphatic heterocycles. The molecule has 0 radical (unpaired) electrons. The Labute approximate surface area is 95.1 Å². The van der Waals surface area contributed by atoms with Gasteiger partial charge in [0, 0.05) is 38.9 Å². The minimum atomic E-state index is 0.00728. The molecule has 1 saturated heterocycles. The molecule has 2 rings (SSSR count). The van der Waals surface area contributed by atoms with Crippen molar-refractivity contribution in [2.75, 3.05) is 38.7 Å². The largest absolute Gasteiger partial charge is 0.383 e. The van der Waals surface area contributed by atoms with Crippen molar-refractivity contribution in [1.29, 1.82) is 0 Å². The molecule has 0 bridgehead atoms. The van der Waals surface area contributed by atoms with E-state index in [1.54, 1.807) is 7.11 Å². The Hall–Kier alpha value is -1.11. The maximum Gasteiger partial charge on any atom is 0.124 e. The molecule has 0 aliphatic carbocycles. The molecule has 6 nitrogen and oxygen atoms in total. The number of anilines is 1. The number of nitrogens with two attached hydrogens (primary N) is 1. The minimum absolute atomic E-state index is 0.00728. The Balaban J connectivity index is 1.86. The highest BCUT2D eigenvalue weighted by molar-refractivity contribution is 5.35. The molecule has 0 amide bonds. The lowest BCUT2D eigenvalue weighted by Gasteiger charge is -2.29. The first kappa shape index (κ1) is 11.4. The van der Waals surface area contributed by atoms with Crippen molar-refractivity contribution in [2.24, 2.45) is 5.73 Å². The Morgan fingerprint density at radius 1 is 1.75 bits per heavy atom. The number of ether oxygens (including phenoxy) is 1. The van der Waals surface area contributed by atoms with Crippen LogP contribution in [0.25, 0.3) is 0 Å². The molecule has 1 aromatic rings. The summed E-state index contributed by atoms with van der Waals surface area (Å²) >= 11 is 0. The predicted molar refractivity (Wildman–Crippen MR) is 62.5 cm³/mol. The Bertz CT molecular complexity index is 323. The quantitative estimate of drug-likeness (QED) is 0.603. The lowest BCUT2D eigenvalue weighted by Crippen LogP contribution is -2.44. The van der Waals surface area contributed by atoms with Crippen molar-refractivity contribution in [3.05, 3.63) is 12.3 Å². The Morgan fingerprint density at radius 3 is 3.19 bits per heavy atom. The zero-order valence-corrected chi connectivity index (χ0v) is 9.52. The van der Waals surface area contributed by atoms with Crippen LogP contribution < -0.4 is 16.4 Å². The van der Waals surface area contributed by atoms with E-state index in [0.717, 1.165) is 18.9 Å². The molecular formula is C10H19N5O. The van der Waals surface area contributed by atoms with E-state index in [9.17, 15) is 0 Å². The van der Waals surface area contributed by atoms with Gasteiger partial charge in [-0.15, -0.1) is 0 Å². The van der Waals surface area contributed by atoms with Gasteiger partial charge in [0.25, 0.3) is 0 Å². The molecule has 2 heterocycles. The fourth-order valence-corrected chi connectivity index (χ4v) is 1.70. The SMILES string of the molecule is COCC(N)CNc1ccnn1C1CNC1. The van der Waals surface area contributed by atoms with Crippen LogP contribution in [-0.2, 0) is 4.74 Å². The maximum absolute atomic E-state index is 5.84. The van der Waals surface area contributed by atoms with Crippen LogP contribution in [0.4, 0.5) is 5.82 Å². The zero-order valence-electron chi connectivity index (χ0n) is 9.52. The molecule has 0 spiro atoms. The Morgan fingerprint density at radius 2 is 2.56 bits per heavy atom. The van der Waals surface area contributed by atoms with E-state index in [4.69, 9.17) is 10.5 Å². The highest BCUT2D eigenvalue weighted by Crippen LogP contribution is 2.17. The van der Waals surface area contributed by atoms with Crippen LogP contribution in [0.1, 0.15) is 6.04 Å². The number of nitrogens with one attached hydrogen (secondary N) is 2. The van der Waals surface area contributed by atoms with Crippen LogP contribution in [0.2, 0.25) is 0 Å². The van der Waals surface area contributed by atoms with Gasteiger partial charge in [-0.1, -0.05) is 0 Å². The first-order valence-electron chi connectivity index (χ1n) is 5.54. The fourth-order valence-electron chi connectivity index (χ4n) is 1.70.